The van der Waals surface area contributed by atoms with Crippen LogP contribution < -0.4 is 5.32 Å². The Morgan fingerprint density at radius 3 is 3.19 bits per heavy atom. The summed E-state index contributed by atoms with van der Waals surface area (Å²) in [5.41, 5.74) is 0.448. The number of amides is 1. The second kappa shape index (κ2) is 5.36. The van der Waals surface area contributed by atoms with Crippen LogP contribution in [0.25, 0.3) is 0 Å². The molecule has 5 nitrogen and oxygen atoms in total. The summed E-state index contributed by atoms with van der Waals surface area (Å²) in [5.74, 6) is -0.0406. The van der Waals surface area contributed by atoms with Gasteiger partial charge in [0.25, 0.3) is 5.91 Å². The molecule has 0 radical (unpaired) electrons. The first kappa shape index (κ1) is 11.5. The quantitative estimate of drug-likeness (QED) is 0.847. The summed E-state index contributed by atoms with van der Waals surface area (Å²) in [7, 11) is 1.82. The lowest BCUT2D eigenvalue weighted by Gasteiger charge is -2.27. The number of nitrogens with zero attached hydrogens (tertiary/aromatic N) is 3. The minimum Gasteiger partial charge on any atom is -0.339 e. The monoisotopic (exact) mass is 240 g/mol. The molecule has 1 aromatic rings. The summed E-state index contributed by atoms with van der Waals surface area (Å²) >= 11 is 1.21. The molecule has 0 aromatic carbocycles. The van der Waals surface area contributed by atoms with Gasteiger partial charge in [-0.3, -0.25) is 4.79 Å². The van der Waals surface area contributed by atoms with E-state index in [0.717, 1.165) is 19.5 Å². The molecule has 16 heavy (non-hydrogen) atoms. The molecule has 88 valence electrons. The topological polar surface area (TPSA) is 58.1 Å². The second-order valence-electron chi connectivity index (χ2n) is 4.12. The third-order valence-electron chi connectivity index (χ3n) is 2.83. The summed E-state index contributed by atoms with van der Waals surface area (Å²) in [6.45, 7) is 1.81. The normalized spacial score (nSPS) is 20.7. The molecule has 0 bridgehead atoms. The summed E-state index contributed by atoms with van der Waals surface area (Å²) < 4.78 is 3.70. The van der Waals surface area contributed by atoms with Crippen molar-refractivity contribution in [3.63, 3.8) is 0 Å². The zero-order valence-electron chi connectivity index (χ0n) is 9.35. The maximum Gasteiger partial charge on any atom is 0.275 e. The van der Waals surface area contributed by atoms with Crippen LogP contribution in [0.4, 0.5) is 0 Å². The Labute approximate surface area is 99.0 Å². The first-order valence-electron chi connectivity index (χ1n) is 5.53. The van der Waals surface area contributed by atoms with Crippen molar-refractivity contribution >= 4 is 17.4 Å². The molecule has 1 aliphatic rings. The van der Waals surface area contributed by atoms with Gasteiger partial charge in [-0.2, -0.15) is 0 Å². The van der Waals surface area contributed by atoms with E-state index < -0.39 is 0 Å². The van der Waals surface area contributed by atoms with Crippen LogP contribution in [0.3, 0.4) is 0 Å². The van der Waals surface area contributed by atoms with Crippen LogP contribution in [-0.2, 0) is 0 Å². The van der Waals surface area contributed by atoms with Crippen molar-refractivity contribution in [2.24, 2.45) is 0 Å². The molecule has 2 rings (SSSR count). The van der Waals surface area contributed by atoms with Gasteiger partial charge in [0.15, 0.2) is 5.69 Å². The minimum atomic E-state index is -0.0406. The molecule has 1 saturated heterocycles. The van der Waals surface area contributed by atoms with Crippen LogP contribution in [0.2, 0.25) is 0 Å². The smallest absolute Gasteiger partial charge is 0.275 e. The van der Waals surface area contributed by atoms with Gasteiger partial charge >= 0.3 is 0 Å². The van der Waals surface area contributed by atoms with E-state index in [4.69, 9.17) is 0 Å². The Morgan fingerprint density at radius 1 is 1.69 bits per heavy atom. The van der Waals surface area contributed by atoms with Gasteiger partial charge in [-0.1, -0.05) is 10.9 Å². The molecule has 1 aliphatic heterocycles. The zero-order chi connectivity index (χ0) is 11.4. The Morgan fingerprint density at radius 2 is 2.56 bits per heavy atom. The van der Waals surface area contributed by atoms with Crippen LogP contribution in [0.5, 0.6) is 0 Å². The first-order valence-corrected chi connectivity index (χ1v) is 6.37. The van der Waals surface area contributed by atoms with Crippen LogP contribution in [0.15, 0.2) is 5.38 Å². The molecular weight excluding hydrogens is 224 g/mol. The number of piperidine rings is 1. The second-order valence-corrected chi connectivity index (χ2v) is 4.73. The molecule has 1 fully saturated rings. The standard InChI is InChI=1S/C10H16N4OS/c1-14(6-8-4-2-3-5-11-8)10(15)9-7-16-13-12-9/h7-8,11H,2-6H2,1H3. The lowest BCUT2D eigenvalue weighted by molar-refractivity contribution is 0.0769. The van der Waals surface area contributed by atoms with Crippen molar-refractivity contribution in [3.8, 4) is 0 Å². The van der Waals surface area contributed by atoms with E-state index in [0.29, 0.717) is 11.7 Å². The Kier molecular flexibility index (Phi) is 3.84. The minimum absolute atomic E-state index is 0.0406. The largest absolute Gasteiger partial charge is 0.339 e. The number of carbonyl (C=O) groups excluding carboxylic acids is 1. The highest BCUT2D eigenvalue weighted by molar-refractivity contribution is 7.03. The van der Waals surface area contributed by atoms with Gasteiger partial charge in [0, 0.05) is 25.0 Å². The number of hydrogen-bond acceptors (Lipinski definition) is 5. The van der Waals surface area contributed by atoms with Crippen molar-refractivity contribution in [1.29, 1.82) is 0 Å². The number of carbonyl (C=O) groups is 1. The maximum absolute atomic E-state index is 11.9. The lowest BCUT2D eigenvalue weighted by Crippen LogP contribution is -2.44. The number of rotatable bonds is 3. The van der Waals surface area contributed by atoms with E-state index >= 15 is 0 Å². The molecule has 6 heteroatoms. The van der Waals surface area contributed by atoms with E-state index in [9.17, 15) is 4.79 Å². The van der Waals surface area contributed by atoms with Crippen molar-refractivity contribution in [2.45, 2.75) is 25.3 Å². The van der Waals surface area contributed by atoms with Gasteiger partial charge in [0.05, 0.1) is 0 Å². The highest BCUT2D eigenvalue weighted by Gasteiger charge is 2.19. The molecule has 1 atom stereocenters. The molecule has 0 aliphatic carbocycles. The number of likely N-dealkylation sites (N-methyl/N-ethyl adjacent to an activating group) is 1. The van der Waals surface area contributed by atoms with Crippen molar-refractivity contribution in [1.82, 2.24) is 19.8 Å². The predicted molar refractivity (Wildman–Crippen MR) is 62.5 cm³/mol. The molecule has 0 saturated carbocycles. The Hall–Kier alpha value is -1.01. The Bertz CT molecular complexity index is 335. The summed E-state index contributed by atoms with van der Waals surface area (Å²) in [6.07, 6.45) is 3.63. The van der Waals surface area contributed by atoms with Gasteiger partial charge in [0.1, 0.15) is 0 Å². The van der Waals surface area contributed by atoms with E-state index in [2.05, 4.69) is 14.9 Å². The van der Waals surface area contributed by atoms with Gasteiger partial charge in [0.2, 0.25) is 0 Å². The van der Waals surface area contributed by atoms with Gasteiger partial charge in [-0.15, -0.1) is 5.10 Å². The lowest BCUT2D eigenvalue weighted by atomic mass is 10.0. The molecule has 1 unspecified atom stereocenters. The van der Waals surface area contributed by atoms with E-state index in [-0.39, 0.29) is 5.91 Å². The average Bonchev–Trinajstić information content (AvgIpc) is 2.83. The molecule has 1 amide bonds. The fourth-order valence-electron chi connectivity index (χ4n) is 1.95. The fraction of sp³-hybridized carbons (Fsp3) is 0.700. The summed E-state index contributed by atoms with van der Waals surface area (Å²) in [4.78, 5) is 13.6. The fourth-order valence-corrected chi connectivity index (χ4v) is 2.38. The predicted octanol–water partition coefficient (Wildman–Crippen LogP) is 0.752. The first-order chi connectivity index (χ1) is 7.77. The van der Waals surface area contributed by atoms with Crippen LogP contribution in [0, 0.1) is 0 Å². The van der Waals surface area contributed by atoms with Crippen LogP contribution >= 0.6 is 11.5 Å². The van der Waals surface area contributed by atoms with Crippen LogP contribution in [0.1, 0.15) is 29.8 Å². The zero-order valence-corrected chi connectivity index (χ0v) is 10.2. The molecule has 0 spiro atoms. The Balaban J connectivity index is 1.87. The maximum atomic E-state index is 11.9. The molecule has 2 heterocycles. The summed E-state index contributed by atoms with van der Waals surface area (Å²) in [5, 5.41) is 8.90. The molecular formula is C10H16N4OS. The molecule has 1 aromatic heterocycles. The molecule has 1 N–H and O–H groups in total. The highest BCUT2D eigenvalue weighted by atomic mass is 32.1. The highest BCUT2D eigenvalue weighted by Crippen LogP contribution is 2.09. The average molecular weight is 240 g/mol. The van der Waals surface area contributed by atoms with Gasteiger partial charge < -0.3 is 10.2 Å². The van der Waals surface area contributed by atoms with Gasteiger partial charge in [-0.25, -0.2) is 0 Å². The van der Waals surface area contributed by atoms with E-state index in [1.54, 1.807) is 10.3 Å². The third-order valence-corrected chi connectivity index (χ3v) is 3.34. The van der Waals surface area contributed by atoms with E-state index in [1.165, 1.54) is 24.4 Å². The summed E-state index contributed by atoms with van der Waals surface area (Å²) in [6, 6.07) is 0.425. The number of hydrogen-bond donors (Lipinski definition) is 1. The van der Waals surface area contributed by atoms with E-state index in [1.807, 2.05) is 7.05 Å². The van der Waals surface area contributed by atoms with Crippen molar-refractivity contribution in [3.05, 3.63) is 11.1 Å². The van der Waals surface area contributed by atoms with Crippen LogP contribution in [-0.4, -0.2) is 46.6 Å². The van der Waals surface area contributed by atoms with Crippen molar-refractivity contribution < 1.29 is 4.79 Å². The van der Waals surface area contributed by atoms with Crippen molar-refractivity contribution in [2.75, 3.05) is 20.1 Å². The number of aromatic nitrogens is 2. The SMILES string of the molecule is CN(CC1CCCCN1)C(=O)c1csnn1. The number of nitrogens with one attached hydrogen (secondary N) is 1. The van der Waals surface area contributed by atoms with Gasteiger partial charge in [-0.05, 0) is 30.9 Å². The third kappa shape index (κ3) is 2.76.